The number of nitrogens with one attached hydrogen (secondary N) is 1. The molecule has 2 saturated carbocycles. The highest BCUT2D eigenvalue weighted by Crippen LogP contribution is 2.55. The van der Waals surface area contributed by atoms with E-state index in [0.717, 1.165) is 12.3 Å². The van der Waals surface area contributed by atoms with Gasteiger partial charge in [0.1, 0.15) is 4.90 Å². The van der Waals surface area contributed by atoms with Crippen molar-refractivity contribution >= 4 is 27.5 Å². The molecule has 1 aromatic rings. The summed E-state index contributed by atoms with van der Waals surface area (Å²) < 4.78 is 33.6. The number of sulfonamides is 1. The summed E-state index contributed by atoms with van der Waals surface area (Å²) in [4.78, 5) is 13.6. The summed E-state index contributed by atoms with van der Waals surface area (Å²) in [6.07, 6.45) is 3.47. The lowest BCUT2D eigenvalue weighted by Crippen LogP contribution is -2.30. The second-order valence-corrected chi connectivity index (χ2v) is 9.21. The predicted octanol–water partition coefficient (Wildman–Crippen LogP) is 2.37. The Morgan fingerprint density at radius 1 is 1.36 bits per heavy atom. The number of carbonyl (C=O) groups is 1. The fourth-order valence-corrected chi connectivity index (χ4v) is 5.34. The second kappa shape index (κ2) is 6.78. The van der Waals surface area contributed by atoms with Crippen molar-refractivity contribution in [2.75, 3.05) is 27.7 Å². The summed E-state index contributed by atoms with van der Waals surface area (Å²) >= 11 is 6.07. The molecule has 2 fully saturated rings. The number of carbonyl (C=O) groups excluding carboxylic acids is 1. The van der Waals surface area contributed by atoms with Crippen LogP contribution in [-0.4, -0.2) is 47.0 Å². The van der Waals surface area contributed by atoms with Crippen molar-refractivity contribution in [2.24, 2.45) is 17.8 Å². The molecule has 0 aliphatic heterocycles. The van der Waals surface area contributed by atoms with E-state index >= 15 is 0 Å². The number of halogens is 1. The Morgan fingerprint density at radius 3 is 2.60 bits per heavy atom. The molecular weight excluding hydrogens is 364 g/mol. The first-order valence-corrected chi connectivity index (χ1v) is 10.2. The summed E-state index contributed by atoms with van der Waals surface area (Å²) in [6.45, 7) is 0.413. The van der Waals surface area contributed by atoms with Gasteiger partial charge in [0.25, 0.3) is 5.91 Å². The number of methoxy groups -OCH3 is 1. The molecule has 3 atom stereocenters. The first-order chi connectivity index (χ1) is 11.7. The van der Waals surface area contributed by atoms with Crippen LogP contribution in [0.3, 0.4) is 0 Å². The quantitative estimate of drug-likeness (QED) is 0.814. The van der Waals surface area contributed by atoms with Gasteiger partial charge >= 0.3 is 0 Å². The van der Waals surface area contributed by atoms with Crippen LogP contribution < -0.4 is 9.46 Å². The molecule has 2 aliphatic rings. The normalized spacial score (nSPS) is 24.7. The van der Waals surface area contributed by atoms with E-state index in [1.54, 1.807) is 14.1 Å². The van der Waals surface area contributed by atoms with Crippen molar-refractivity contribution < 1.29 is 17.9 Å². The molecular formula is C17H23ClN2O4S. The largest absolute Gasteiger partial charge is 0.494 e. The summed E-state index contributed by atoms with van der Waals surface area (Å²) in [5.41, 5.74) is 0.128. The zero-order chi connectivity index (χ0) is 18.4. The van der Waals surface area contributed by atoms with Gasteiger partial charge in [-0.3, -0.25) is 4.79 Å². The van der Waals surface area contributed by atoms with E-state index in [1.807, 2.05) is 0 Å². The average Bonchev–Trinajstić information content (AvgIpc) is 3.23. The molecule has 1 N–H and O–H groups in total. The van der Waals surface area contributed by atoms with Gasteiger partial charge in [-0.1, -0.05) is 11.6 Å². The molecule has 3 rings (SSSR count). The zero-order valence-corrected chi connectivity index (χ0v) is 16.2. The Balaban J connectivity index is 1.89. The van der Waals surface area contributed by atoms with E-state index in [4.69, 9.17) is 16.3 Å². The van der Waals surface area contributed by atoms with Crippen molar-refractivity contribution in [3.63, 3.8) is 0 Å². The van der Waals surface area contributed by atoms with E-state index in [-0.39, 0.29) is 27.1 Å². The molecule has 0 spiro atoms. The van der Waals surface area contributed by atoms with Crippen molar-refractivity contribution in [3.8, 4) is 5.75 Å². The lowest BCUT2D eigenvalue weighted by atomic mass is 10.0. The molecule has 0 aromatic heterocycles. The fourth-order valence-electron chi connectivity index (χ4n) is 3.75. The van der Waals surface area contributed by atoms with Gasteiger partial charge < -0.3 is 9.64 Å². The SMILES string of the molecule is COc1c(C(=O)N(C)C)cc(Cl)cc1S(=O)(=O)NCC1CCC2CC12. The van der Waals surface area contributed by atoms with E-state index in [2.05, 4.69) is 4.72 Å². The Morgan fingerprint density at radius 2 is 2.08 bits per heavy atom. The molecule has 1 aromatic carbocycles. The van der Waals surface area contributed by atoms with Crippen molar-refractivity contribution in [2.45, 2.75) is 24.2 Å². The Labute approximate surface area is 153 Å². The minimum atomic E-state index is -3.83. The minimum Gasteiger partial charge on any atom is -0.494 e. The highest BCUT2D eigenvalue weighted by Gasteiger charge is 2.47. The van der Waals surface area contributed by atoms with Gasteiger partial charge in [0.05, 0.1) is 12.7 Å². The van der Waals surface area contributed by atoms with Gasteiger partial charge in [-0.05, 0) is 49.1 Å². The molecule has 2 aliphatic carbocycles. The highest BCUT2D eigenvalue weighted by atomic mass is 35.5. The third-order valence-electron chi connectivity index (χ3n) is 5.18. The third kappa shape index (κ3) is 3.64. The fraction of sp³-hybridized carbons (Fsp3) is 0.588. The van der Waals surface area contributed by atoms with Crippen LogP contribution in [0.5, 0.6) is 5.75 Å². The van der Waals surface area contributed by atoms with Crippen LogP contribution in [0.4, 0.5) is 0 Å². The number of benzene rings is 1. The molecule has 25 heavy (non-hydrogen) atoms. The number of nitrogens with zero attached hydrogens (tertiary/aromatic N) is 1. The highest BCUT2D eigenvalue weighted by molar-refractivity contribution is 7.89. The van der Waals surface area contributed by atoms with Crippen LogP contribution in [0.1, 0.15) is 29.6 Å². The van der Waals surface area contributed by atoms with E-state index < -0.39 is 10.0 Å². The molecule has 0 radical (unpaired) electrons. The topological polar surface area (TPSA) is 75.7 Å². The molecule has 1 amide bonds. The number of fused-ring (bicyclic) bond motifs is 1. The van der Waals surface area contributed by atoms with Gasteiger partial charge in [-0.15, -0.1) is 0 Å². The number of hydrogen-bond acceptors (Lipinski definition) is 4. The predicted molar refractivity (Wildman–Crippen MR) is 95.5 cm³/mol. The van der Waals surface area contributed by atoms with E-state index in [0.29, 0.717) is 18.4 Å². The van der Waals surface area contributed by atoms with Crippen molar-refractivity contribution in [3.05, 3.63) is 22.7 Å². The van der Waals surface area contributed by atoms with Crippen LogP contribution in [0.25, 0.3) is 0 Å². The number of amides is 1. The summed E-state index contributed by atoms with van der Waals surface area (Å²) in [7, 11) is 0.687. The standard InChI is InChI=1S/C17H23ClN2O4S/c1-20(2)17(21)14-7-12(18)8-15(16(14)24-3)25(22,23)19-9-11-5-4-10-6-13(10)11/h7-8,10-11,13,19H,4-6,9H2,1-3H3. The third-order valence-corrected chi connectivity index (χ3v) is 6.82. The molecule has 0 bridgehead atoms. The summed E-state index contributed by atoms with van der Waals surface area (Å²) in [5.74, 6) is 1.50. The van der Waals surface area contributed by atoms with Crippen LogP contribution in [0.2, 0.25) is 5.02 Å². The number of rotatable bonds is 6. The maximum absolute atomic E-state index is 12.8. The molecule has 3 unspecified atom stereocenters. The summed E-state index contributed by atoms with van der Waals surface area (Å²) in [6, 6.07) is 2.75. The van der Waals surface area contributed by atoms with Gasteiger partial charge in [0.2, 0.25) is 10.0 Å². The Bertz CT molecular complexity index is 794. The van der Waals surface area contributed by atoms with Gasteiger partial charge in [0, 0.05) is 25.7 Å². The Hall–Kier alpha value is -1.31. The Kier molecular flexibility index (Phi) is 5.01. The van der Waals surface area contributed by atoms with Crippen molar-refractivity contribution in [1.82, 2.24) is 9.62 Å². The summed E-state index contributed by atoms with van der Waals surface area (Å²) in [5, 5.41) is 0.175. The van der Waals surface area contributed by atoms with E-state index in [1.165, 1.54) is 37.0 Å². The van der Waals surface area contributed by atoms with Crippen LogP contribution >= 0.6 is 11.6 Å². The maximum Gasteiger partial charge on any atom is 0.257 e. The minimum absolute atomic E-state index is 0.0197. The number of hydrogen-bond donors (Lipinski definition) is 1. The van der Waals surface area contributed by atoms with Crippen molar-refractivity contribution in [1.29, 1.82) is 0 Å². The average molecular weight is 387 g/mol. The molecule has 138 valence electrons. The molecule has 0 saturated heterocycles. The first kappa shape index (κ1) is 18.5. The smallest absolute Gasteiger partial charge is 0.257 e. The van der Waals surface area contributed by atoms with Gasteiger partial charge in [-0.2, -0.15) is 0 Å². The zero-order valence-electron chi connectivity index (χ0n) is 14.6. The first-order valence-electron chi connectivity index (χ1n) is 8.33. The number of ether oxygens (including phenoxy) is 1. The van der Waals surface area contributed by atoms with Crippen LogP contribution in [0, 0.1) is 17.8 Å². The molecule has 6 nitrogen and oxygen atoms in total. The molecule has 0 heterocycles. The molecule has 8 heteroatoms. The lowest BCUT2D eigenvalue weighted by molar-refractivity contribution is 0.0824. The van der Waals surface area contributed by atoms with Crippen LogP contribution in [-0.2, 0) is 10.0 Å². The maximum atomic E-state index is 12.8. The van der Waals surface area contributed by atoms with Gasteiger partial charge in [0.15, 0.2) is 5.75 Å². The van der Waals surface area contributed by atoms with E-state index in [9.17, 15) is 13.2 Å². The van der Waals surface area contributed by atoms with Crippen LogP contribution in [0.15, 0.2) is 17.0 Å². The lowest BCUT2D eigenvalue weighted by Gasteiger charge is -2.18. The second-order valence-electron chi connectivity index (χ2n) is 7.03. The van der Waals surface area contributed by atoms with Gasteiger partial charge in [-0.25, -0.2) is 13.1 Å². The monoisotopic (exact) mass is 386 g/mol.